The molecule has 0 saturated heterocycles. The Labute approximate surface area is 138 Å². The molecule has 0 saturated carbocycles. The molecule has 0 atom stereocenters. The Morgan fingerprint density at radius 2 is 1.36 bits per heavy atom. The lowest BCUT2D eigenvalue weighted by Gasteiger charge is -2.13. The summed E-state index contributed by atoms with van der Waals surface area (Å²) in [6.45, 7) is 5.95. The van der Waals surface area contributed by atoms with Crippen molar-refractivity contribution in [2.24, 2.45) is 0 Å². The molecule has 1 aromatic rings. The van der Waals surface area contributed by atoms with Crippen LogP contribution in [0.2, 0.25) is 0 Å². The third-order valence-corrected chi connectivity index (χ3v) is 7.99. The fraction of sp³-hybridized carbons (Fsp3) is 0.111. The van der Waals surface area contributed by atoms with Crippen LogP contribution < -0.4 is 0 Å². The average molecular weight is 638 g/mol. The minimum Gasteiger partial charge on any atom is -0.506 e. The number of benzene rings is 1. The van der Waals surface area contributed by atoms with Crippen molar-refractivity contribution in [2.45, 2.75) is 6.92 Å². The number of rotatable bonds is 1. The minimum atomic E-state index is 0.380. The van der Waals surface area contributed by atoms with E-state index in [1.165, 1.54) is 0 Å². The molecule has 0 heterocycles. The maximum Gasteiger partial charge on any atom is 0.144 e. The zero-order valence-electron chi connectivity index (χ0n) is 7.17. The van der Waals surface area contributed by atoms with E-state index in [2.05, 4.69) is 96.9 Å². The number of phenols is 1. The van der Waals surface area contributed by atoms with Crippen LogP contribution in [-0.4, -0.2) is 5.11 Å². The van der Waals surface area contributed by atoms with Crippen molar-refractivity contribution in [1.82, 2.24) is 0 Å². The Balaban J connectivity index is 3.68. The van der Waals surface area contributed by atoms with Crippen molar-refractivity contribution in [3.63, 3.8) is 0 Å². The van der Waals surface area contributed by atoms with E-state index in [4.69, 9.17) is 0 Å². The Morgan fingerprint density at radius 1 is 1.00 bits per heavy atom. The number of aromatic hydroxyl groups is 1. The third-order valence-electron chi connectivity index (χ3n) is 1.67. The van der Waals surface area contributed by atoms with Gasteiger partial charge in [-0.2, -0.15) is 0 Å². The monoisotopic (exact) mass is 638 g/mol. The molecule has 0 radical (unpaired) electrons. The first-order valence-electron chi connectivity index (χ1n) is 3.58. The molecule has 76 valence electrons. The van der Waals surface area contributed by atoms with Crippen molar-refractivity contribution in [3.05, 3.63) is 26.4 Å². The summed E-state index contributed by atoms with van der Waals surface area (Å²) in [4.78, 5) is 0. The average Bonchev–Trinajstić information content (AvgIpc) is 2.11. The SMILES string of the molecule is C=C(C)c1c(I)c(I)c(O)c(I)c1I. The lowest BCUT2D eigenvalue weighted by molar-refractivity contribution is 0.466. The molecule has 1 aromatic carbocycles. The van der Waals surface area contributed by atoms with E-state index in [1.54, 1.807) is 0 Å². The Bertz CT molecular complexity index is 383. The van der Waals surface area contributed by atoms with Gasteiger partial charge in [-0.25, -0.2) is 0 Å². The molecule has 5 heteroatoms. The highest BCUT2D eigenvalue weighted by molar-refractivity contribution is 14.1. The van der Waals surface area contributed by atoms with Gasteiger partial charge in [0.25, 0.3) is 0 Å². The summed E-state index contributed by atoms with van der Waals surface area (Å²) in [5.41, 5.74) is 2.19. The van der Waals surface area contributed by atoms with E-state index in [9.17, 15) is 5.11 Å². The van der Waals surface area contributed by atoms with E-state index in [0.717, 1.165) is 25.4 Å². The summed E-state index contributed by atoms with van der Waals surface area (Å²) < 4.78 is 3.98. The van der Waals surface area contributed by atoms with Crippen LogP contribution in [0, 0.1) is 14.3 Å². The van der Waals surface area contributed by atoms with E-state index < -0.39 is 0 Å². The number of halogens is 4. The number of hydrogen-bond donors (Lipinski definition) is 1. The van der Waals surface area contributed by atoms with E-state index in [-0.39, 0.29) is 0 Å². The Hall–Kier alpha value is 1.68. The fourth-order valence-corrected chi connectivity index (χ4v) is 5.08. The molecule has 0 aliphatic rings. The second-order valence-electron chi connectivity index (χ2n) is 2.76. The molecule has 0 spiro atoms. The highest BCUT2D eigenvalue weighted by Gasteiger charge is 2.18. The molecule has 0 unspecified atom stereocenters. The van der Waals surface area contributed by atoms with Crippen molar-refractivity contribution >= 4 is 95.9 Å². The largest absolute Gasteiger partial charge is 0.506 e. The number of hydrogen-bond acceptors (Lipinski definition) is 1. The second-order valence-corrected chi connectivity index (χ2v) is 7.07. The van der Waals surface area contributed by atoms with Gasteiger partial charge in [-0.1, -0.05) is 6.58 Å². The van der Waals surface area contributed by atoms with Crippen LogP contribution in [0.5, 0.6) is 5.75 Å². The topological polar surface area (TPSA) is 20.2 Å². The van der Waals surface area contributed by atoms with E-state index >= 15 is 0 Å². The van der Waals surface area contributed by atoms with Gasteiger partial charge in [-0.15, -0.1) is 0 Å². The van der Waals surface area contributed by atoms with Gasteiger partial charge in [-0.3, -0.25) is 0 Å². The molecule has 0 bridgehead atoms. The summed E-state index contributed by atoms with van der Waals surface area (Å²) >= 11 is 8.83. The van der Waals surface area contributed by atoms with Crippen LogP contribution in [0.15, 0.2) is 6.58 Å². The first-order chi connectivity index (χ1) is 6.37. The molecule has 0 fully saturated rings. The lowest BCUT2D eigenvalue weighted by atomic mass is 10.1. The molecular weight excluding hydrogens is 632 g/mol. The second kappa shape index (κ2) is 5.34. The van der Waals surface area contributed by atoms with Crippen LogP contribution in [0.1, 0.15) is 12.5 Å². The quantitative estimate of drug-likeness (QED) is 0.345. The van der Waals surface area contributed by atoms with Crippen molar-refractivity contribution in [1.29, 1.82) is 0 Å². The molecule has 1 nitrogen and oxygen atoms in total. The lowest BCUT2D eigenvalue weighted by Crippen LogP contribution is -1.97. The van der Waals surface area contributed by atoms with Gasteiger partial charge in [0.2, 0.25) is 0 Å². The molecule has 0 aliphatic heterocycles. The van der Waals surface area contributed by atoms with Crippen LogP contribution in [-0.2, 0) is 0 Å². The van der Waals surface area contributed by atoms with Crippen LogP contribution in [0.3, 0.4) is 0 Å². The first-order valence-corrected chi connectivity index (χ1v) is 7.90. The van der Waals surface area contributed by atoms with Gasteiger partial charge in [-0.05, 0) is 103 Å². The van der Waals surface area contributed by atoms with Gasteiger partial charge >= 0.3 is 0 Å². The van der Waals surface area contributed by atoms with E-state index in [0.29, 0.717) is 5.75 Å². The molecule has 1 N–H and O–H groups in total. The van der Waals surface area contributed by atoms with Crippen molar-refractivity contribution < 1.29 is 5.11 Å². The number of allylic oxidation sites excluding steroid dienone is 1. The number of phenolic OH excluding ortho intramolecular Hbond substituents is 1. The minimum absolute atomic E-state index is 0.380. The maximum absolute atomic E-state index is 9.82. The summed E-state index contributed by atoms with van der Waals surface area (Å²) in [5, 5.41) is 9.82. The van der Waals surface area contributed by atoms with E-state index in [1.807, 2.05) is 6.92 Å². The van der Waals surface area contributed by atoms with Gasteiger partial charge in [0.15, 0.2) is 0 Å². The zero-order valence-corrected chi connectivity index (χ0v) is 15.8. The maximum atomic E-state index is 9.82. The molecular formula is C9H6I4O. The Morgan fingerprint density at radius 3 is 1.64 bits per heavy atom. The van der Waals surface area contributed by atoms with Gasteiger partial charge in [0.1, 0.15) is 5.75 Å². The summed E-state index contributed by atoms with van der Waals surface area (Å²) in [5.74, 6) is 0.380. The fourth-order valence-electron chi connectivity index (χ4n) is 0.995. The summed E-state index contributed by atoms with van der Waals surface area (Å²) in [6.07, 6.45) is 0. The standard InChI is InChI=1S/C9H6I4O/c1-3(2)4-5(10)7(12)9(14)8(13)6(4)11/h14H,1H2,2H3. The van der Waals surface area contributed by atoms with Crippen molar-refractivity contribution in [3.8, 4) is 5.75 Å². The molecule has 0 aromatic heterocycles. The van der Waals surface area contributed by atoms with Crippen molar-refractivity contribution in [2.75, 3.05) is 0 Å². The first kappa shape index (κ1) is 13.7. The zero-order chi connectivity index (χ0) is 11.0. The predicted octanol–water partition coefficient (Wildman–Crippen LogP) is 4.84. The molecule has 0 amide bonds. The summed E-state index contributed by atoms with van der Waals surface area (Å²) in [7, 11) is 0. The summed E-state index contributed by atoms with van der Waals surface area (Å²) in [6, 6.07) is 0. The molecule has 0 aliphatic carbocycles. The molecule has 14 heavy (non-hydrogen) atoms. The normalized spacial score (nSPS) is 10.4. The van der Waals surface area contributed by atoms with Gasteiger partial charge in [0.05, 0.1) is 7.14 Å². The van der Waals surface area contributed by atoms with Crippen LogP contribution >= 0.6 is 90.4 Å². The Kier molecular flexibility index (Phi) is 5.24. The smallest absolute Gasteiger partial charge is 0.144 e. The van der Waals surface area contributed by atoms with Gasteiger partial charge < -0.3 is 5.11 Å². The van der Waals surface area contributed by atoms with Gasteiger partial charge in [0, 0.05) is 12.7 Å². The third kappa shape index (κ3) is 2.50. The predicted molar refractivity (Wildman–Crippen MR) is 93.7 cm³/mol. The van der Waals surface area contributed by atoms with Crippen LogP contribution in [0.25, 0.3) is 5.57 Å². The van der Waals surface area contributed by atoms with Crippen LogP contribution in [0.4, 0.5) is 0 Å². The highest BCUT2D eigenvalue weighted by Crippen LogP contribution is 2.39. The highest BCUT2D eigenvalue weighted by atomic mass is 127. The molecule has 1 rings (SSSR count).